The highest BCUT2D eigenvalue weighted by molar-refractivity contribution is 5.87. The van der Waals surface area contributed by atoms with E-state index in [1.165, 1.54) is 95.4 Å². The van der Waals surface area contributed by atoms with Crippen molar-refractivity contribution in [2.45, 2.75) is 87.0 Å². The van der Waals surface area contributed by atoms with Crippen molar-refractivity contribution in [2.24, 2.45) is 5.41 Å². The highest BCUT2D eigenvalue weighted by Crippen LogP contribution is 2.58. The minimum atomic E-state index is -0.0752. The van der Waals surface area contributed by atoms with Crippen molar-refractivity contribution >= 4 is 34.5 Å². The lowest BCUT2D eigenvalue weighted by Crippen LogP contribution is -2.31. The van der Waals surface area contributed by atoms with E-state index in [1.807, 2.05) is 0 Å². The third-order valence-electron chi connectivity index (χ3n) is 11.5. The molecular formula is C52H54N2. The van der Waals surface area contributed by atoms with Crippen LogP contribution in [0.1, 0.15) is 92.0 Å². The van der Waals surface area contributed by atoms with Crippen molar-refractivity contribution in [3.63, 3.8) is 0 Å². The van der Waals surface area contributed by atoms with Gasteiger partial charge in [-0.2, -0.15) is 0 Å². The van der Waals surface area contributed by atoms with Crippen molar-refractivity contribution in [3.05, 3.63) is 188 Å². The Kier molecular flexibility index (Phi) is 8.72. The maximum absolute atomic E-state index is 2.56. The summed E-state index contributed by atoms with van der Waals surface area (Å²) in [6.07, 6.45) is 10.8. The lowest BCUT2D eigenvalue weighted by molar-refractivity contribution is 0.500. The molecule has 0 aliphatic heterocycles. The normalized spacial score (nSPS) is 16.1. The molecule has 0 spiro atoms. The van der Waals surface area contributed by atoms with Crippen LogP contribution < -0.4 is 9.80 Å². The van der Waals surface area contributed by atoms with Gasteiger partial charge in [-0.3, -0.25) is 0 Å². The molecule has 5 aromatic rings. The molecule has 0 N–H and O–H groups in total. The van der Waals surface area contributed by atoms with E-state index in [0.717, 1.165) is 6.42 Å². The van der Waals surface area contributed by atoms with Crippen molar-refractivity contribution in [3.8, 4) is 0 Å². The van der Waals surface area contributed by atoms with Crippen LogP contribution in [0.15, 0.2) is 144 Å². The van der Waals surface area contributed by atoms with Crippen LogP contribution in [0.2, 0.25) is 0 Å². The molecule has 3 aliphatic rings. The van der Waals surface area contributed by atoms with E-state index in [4.69, 9.17) is 0 Å². The van der Waals surface area contributed by atoms with Crippen LogP contribution in [-0.4, -0.2) is 0 Å². The van der Waals surface area contributed by atoms with E-state index in [-0.39, 0.29) is 16.7 Å². The zero-order valence-corrected chi connectivity index (χ0v) is 33.8. The third-order valence-corrected chi connectivity index (χ3v) is 11.5. The second-order valence-electron chi connectivity index (χ2n) is 17.8. The summed E-state index contributed by atoms with van der Waals surface area (Å²) in [5.41, 5.74) is 22.1. The van der Waals surface area contributed by atoms with E-state index in [1.54, 1.807) is 0 Å². The SMILES string of the molecule is Cc1ccc(N(C2=C3C=Cc4c(C(C)(C)C)cc(N(c5ccc(C)cc5)c5ccc(C)cc5)c5c4C3C(=CC5)C(C(C)(C)C)=C2)c2ccc(C)cc2)cc1. The third kappa shape index (κ3) is 6.26. The summed E-state index contributed by atoms with van der Waals surface area (Å²) in [6, 6.07) is 38.7. The summed E-state index contributed by atoms with van der Waals surface area (Å²) in [5.74, 6) is 0.111. The van der Waals surface area contributed by atoms with E-state index >= 15 is 0 Å². The lowest BCUT2D eigenvalue weighted by Gasteiger charge is -2.45. The molecule has 2 nitrogen and oxygen atoms in total. The molecule has 0 amide bonds. The van der Waals surface area contributed by atoms with Crippen LogP contribution in [0.5, 0.6) is 0 Å². The summed E-state index contributed by atoms with van der Waals surface area (Å²) >= 11 is 0. The van der Waals surface area contributed by atoms with Gasteiger partial charge in [0.2, 0.25) is 0 Å². The van der Waals surface area contributed by atoms with Gasteiger partial charge >= 0.3 is 0 Å². The highest BCUT2D eigenvalue weighted by Gasteiger charge is 2.42. The molecule has 5 aromatic carbocycles. The maximum Gasteiger partial charge on any atom is 0.0506 e. The van der Waals surface area contributed by atoms with Crippen LogP contribution in [0, 0.1) is 33.1 Å². The van der Waals surface area contributed by atoms with Crippen LogP contribution in [0.4, 0.5) is 28.4 Å². The van der Waals surface area contributed by atoms with Gasteiger partial charge < -0.3 is 9.80 Å². The fourth-order valence-corrected chi connectivity index (χ4v) is 8.64. The Morgan fingerprint density at radius 1 is 0.537 bits per heavy atom. The molecule has 0 saturated heterocycles. The molecule has 2 heteroatoms. The first-order valence-electron chi connectivity index (χ1n) is 19.6. The molecule has 1 unspecified atom stereocenters. The fraction of sp³-hybridized carbons (Fsp3) is 0.269. The number of benzene rings is 5. The number of hydrogen-bond donors (Lipinski definition) is 0. The standard InChI is InChI=1S/C52H54N2/c1-33-11-19-37(20-12-33)53(38-21-13-34(2)14-22-38)47-31-45(51(5,6)7)41-28-30-44-48(32-46(52(8,9)10)42-27-29-43(47)49(41)50(42)44)54(39-23-15-35(3)16-24-39)40-25-17-36(4)18-26-40/h11-29,31-32,49H,30H2,1-10H3. The Balaban J connectivity index is 1.45. The summed E-state index contributed by atoms with van der Waals surface area (Å²) in [4.78, 5) is 5.01. The van der Waals surface area contributed by atoms with E-state index < -0.39 is 0 Å². The first kappa shape index (κ1) is 35.7. The summed E-state index contributed by atoms with van der Waals surface area (Å²) in [7, 11) is 0. The number of nitrogens with zero attached hydrogens (tertiary/aromatic N) is 2. The minimum Gasteiger partial charge on any atom is -0.310 e. The summed E-state index contributed by atoms with van der Waals surface area (Å²) in [5, 5.41) is 0. The quantitative estimate of drug-likeness (QED) is 0.173. The lowest BCUT2D eigenvalue weighted by atomic mass is 9.62. The molecular weight excluding hydrogens is 653 g/mol. The number of aryl methyl sites for hydroxylation is 4. The molecule has 0 bridgehead atoms. The second-order valence-corrected chi connectivity index (χ2v) is 17.8. The highest BCUT2D eigenvalue weighted by atomic mass is 15.2. The molecule has 0 heterocycles. The number of anilines is 5. The number of rotatable bonds is 6. The molecule has 54 heavy (non-hydrogen) atoms. The first-order chi connectivity index (χ1) is 25.7. The minimum absolute atomic E-state index is 0.0615. The van der Waals surface area contributed by atoms with Gasteiger partial charge in [-0.1, -0.05) is 131 Å². The largest absolute Gasteiger partial charge is 0.310 e. The Morgan fingerprint density at radius 3 is 1.41 bits per heavy atom. The molecule has 0 radical (unpaired) electrons. The first-order valence-corrected chi connectivity index (χ1v) is 19.6. The van der Waals surface area contributed by atoms with E-state index in [9.17, 15) is 0 Å². The van der Waals surface area contributed by atoms with E-state index in [2.05, 4.69) is 206 Å². The van der Waals surface area contributed by atoms with Gasteiger partial charge in [-0.05, 0) is 145 Å². The van der Waals surface area contributed by atoms with Gasteiger partial charge in [0.15, 0.2) is 0 Å². The molecule has 0 fully saturated rings. The van der Waals surface area contributed by atoms with Crippen LogP contribution in [-0.2, 0) is 11.8 Å². The molecule has 3 aliphatic carbocycles. The number of hydrogen-bond acceptors (Lipinski definition) is 2. The van der Waals surface area contributed by atoms with Gasteiger partial charge in [0.05, 0.1) is 11.4 Å². The smallest absolute Gasteiger partial charge is 0.0506 e. The Morgan fingerprint density at radius 2 is 0.981 bits per heavy atom. The van der Waals surface area contributed by atoms with Gasteiger partial charge in [0.1, 0.15) is 0 Å². The Bertz CT molecular complexity index is 2270. The van der Waals surface area contributed by atoms with Crippen LogP contribution >= 0.6 is 0 Å². The topological polar surface area (TPSA) is 6.48 Å². The van der Waals surface area contributed by atoms with Gasteiger partial charge in [-0.15, -0.1) is 0 Å². The van der Waals surface area contributed by atoms with E-state index in [0.29, 0.717) is 0 Å². The molecule has 0 aromatic heterocycles. The van der Waals surface area contributed by atoms with Crippen LogP contribution in [0.25, 0.3) is 6.08 Å². The van der Waals surface area contributed by atoms with Gasteiger partial charge in [0.25, 0.3) is 0 Å². The zero-order valence-electron chi connectivity index (χ0n) is 33.8. The van der Waals surface area contributed by atoms with Gasteiger partial charge in [-0.25, -0.2) is 0 Å². The summed E-state index contributed by atoms with van der Waals surface area (Å²) in [6.45, 7) is 22.9. The predicted octanol–water partition coefficient (Wildman–Crippen LogP) is 14.4. The molecule has 0 saturated carbocycles. The van der Waals surface area contributed by atoms with Crippen molar-refractivity contribution in [1.29, 1.82) is 0 Å². The molecule has 1 atom stereocenters. The molecule has 272 valence electrons. The Labute approximate surface area is 323 Å². The van der Waals surface area contributed by atoms with Crippen molar-refractivity contribution < 1.29 is 0 Å². The molecule has 8 rings (SSSR count). The maximum atomic E-state index is 2.56. The van der Waals surface area contributed by atoms with Crippen LogP contribution in [0.3, 0.4) is 0 Å². The van der Waals surface area contributed by atoms with Crippen molar-refractivity contribution in [1.82, 2.24) is 0 Å². The van der Waals surface area contributed by atoms with Gasteiger partial charge in [0, 0.05) is 28.7 Å². The monoisotopic (exact) mass is 706 g/mol. The predicted molar refractivity (Wildman–Crippen MR) is 232 cm³/mol. The average Bonchev–Trinajstić information content (AvgIpc) is 3.13. The second kappa shape index (κ2) is 13.2. The van der Waals surface area contributed by atoms with Crippen molar-refractivity contribution in [2.75, 3.05) is 9.80 Å². The summed E-state index contributed by atoms with van der Waals surface area (Å²) < 4.78 is 0. The average molecular weight is 707 g/mol. The Hall–Kier alpha value is -5.34. The zero-order chi connectivity index (χ0) is 38.1. The number of allylic oxidation sites excluding steroid dienone is 6. The fourth-order valence-electron chi connectivity index (χ4n) is 8.64.